The number of ether oxygens (including phenoxy) is 2. The molecule has 0 bridgehead atoms. The molecular formula is C11H20ClN3O2. The first-order valence-corrected chi connectivity index (χ1v) is 6.24. The predicted molar refractivity (Wildman–Crippen MR) is 66.4 cm³/mol. The first-order valence-electron chi connectivity index (χ1n) is 5.71. The van der Waals surface area contributed by atoms with Crippen molar-refractivity contribution < 1.29 is 9.47 Å². The van der Waals surface area contributed by atoms with Crippen LogP contribution in [0, 0.1) is 0 Å². The molecule has 0 radical (unpaired) electrons. The van der Waals surface area contributed by atoms with Crippen LogP contribution in [0.4, 0.5) is 0 Å². The average molecular weight is 262 g/mol. The zero-order valence-electron chi connectivity index (χ0n) is 10.6. The number of hydrogen-bond acceptors (Lipinski definition) is 4. The van der Waals surface area contributed by atoms with Gasteiger partial charge in [-0.3, -0.25) is 0 Å². The third-order valence-electron chi connectivity index (χ3n) is 2.70. The van der Waals surface area contributed by atoms with Gasteiger partial charge in [-0.25, -0.2) is 4.68 Å². The highest BCUT2D eigenvalue weighted by Gasteiger charge is 2.16. The molecule has 0 saturated heterocycles. The fourth-order valence-corrected chi connectivity index (χ4v) is 1.88. The summed E-state index contributed by atoms with van der Waals surface area (Å²) in [6, 6.07) is 0.256. The Kier molecular flexibility index (Phi) is 6.47. The number of rotatable bonds is 8. The maximum Gasteiger partial charge on any atom is 0.101 e. The summed E-state index contributed by atoms with van der Waals surface area (Å²) >= 11 is 5.85. The topological polar surface area (TPSA) is 49.2 Å². The van der Waals surface area contributed by atoms with Crippen LogP contribution in [0.3, 0.4) is 0 Å². The molecule has 1 aromatic heterocycles. The first kappa shape index (κ1) is 14.4. The second kappa shape index (κ2) is 7.63. The lowest BCUT2D eigenvalue weighted by Gasteiger charge is -2.14. The van der Waals surface area contributed by atoms with Crippen molar-refractivity contribution in [1.82, 2.24) is 15.0 Å². The van der Waals surface area contributed by atoms with Crippen LogP contribution in [0.2, 0.25) is 0 Å². The molecule has 1 aromatic rings. The van der Waals surface area contributed by atoms with E-state index in [4.69, 9.17) is 21.1 Å². The van der Waals surface area contributed by atoms with Gasteiger partial charge in [-0.05, 0) is 13.3 Å². The second-order valence-corrected chi connectivity index (χ2v) is 4.20. The smallest absolute Gasteiger partial charge is 0.101 e. The summed E-state index contributed by atoms with van der Waals surface area (Å²) in [7, 11) is 3.38. The van der Waals surface area contributed by atoms with Crippen LogP contribution in [-0.4, -0.2) is 42.4 Å². The Morgan fingerprint density at radius 2 is 2.00 bits per heavy atom. The molecule has 1 rings (SSSR count). The first-order chi connectivity index (χ1) is 8.24. The van der Waals surface area contributed by atoms with E-state index in [1.54, 1.807) is 14.2 Å². The molecule has 0 aromatic carbocycles. The molecule has 1 atom stereocenters. The summed E-state index contributed by atoms with van der Waals surface area (Å²) in [6.45, 7) is 3.46. The number of aromatic nitrogens is 3. The maximum absolute atomic E-state index is 5.85. The van der Waals surface area contributed by atoms with Gasteiger partial charge in [-0.2, -0.15) is 0 Å². The van der Waals surface area contributed by atoms with E-state index in [2.05, 4.69) is 17.2 Å². The van der Waals surface area contributed by atoms with Crippen LogP contribution < -0.4 is 0 Å². The maximum atomic E-state index is 5.85. The average Bonchev–Trinajstić information content (AvgIpc) is 2.76. The summed E-state index contributed by atoms with van der Waals surface area (Å²) in [6.07, 6.45) is 1.68. The van der Waals surface area contributed by atoms with Crippen molar-refractivity contribution in [2.24, 2.45) is 0 Å². The van der Waals surface area contributed by atoms with Crippen LogP contribution in [0.25, 0.3) is 0 Å². The van der Waals surface area contributed by atoms with Crippen LogP contribution in [0.15, 0.2) is 0 Å². The number of halogens is 1. The van der Waals surface area contributed by atoms with Crippen LogP contribution >= 0.6 is 11.6 Å². The van der Waals surface area contributed by atoms with E-state index in [-0.39, 0.29) is 6.04 Å². The predicted octanol–water partition coefficient (Wildman–Crippen LogP) is 1.80. The number of hydrogen-bond donors (Lipinski definition) is 0. The van der Waals surface area contributed by atoms with E-state index in [1.807, 2.05) is 4.68 Å². The Hall–Kier alpha value is -0.650. The standard InChI is InChI=1S/C11H20ClN3O2/c1-9(4-6-16-2)15-11(5-7-17-3)10(8-12)13-14-15/h9H,4-8H2,1-3H3. The number of alkyl halides is 1. The van der Waals surface area contributed by atoms with E-state index in [9.17, 15) is 0 Å². The van der Waals surface area contributed by atoms with Crippen molar-refractivity contribution >= 4 is 11.6 Å². The minimum Gasteiger partial charge on any atom is -0.385 e. The molecule has 0 fully saturated rings. The minimum absolute atomic E-state index is 0.256. The largest absolute Gasteiger partial charge is 0.385 e. The van der Waals surface area contributed by atoms with Crippen molar-refractivity contribution in [1.29, 1.82) is 0 Å². The van der Waals surface area contributed by atoms with E-state index >= 15 is 0 Å². The van der Waals surface area contributed by atoms with Gasteiger partial charge in [-0.1, -0.05) is 5.21 Å². The van der Waals surface area contributed by atoms with Gasteiger partial charge in [0, 0.05) is 27.2 Å². The van der Waals surface area contributed by atoms with Crippen LogP contribution in [0.5, 0.6) is 0 Å². The van der Waals surface area contributed by atoms with Gasteiger partial charge in [0.05, 0.1) is 24.2 Å². The molecule has 6 heteroatoms. The Bertz CT molecular complexity index is 331. The summed E-state index contributed by atoms with van der Waals surface area (Å²) < 4.78 is 12.1. The van der Waals surface area contributed by atoms with E-state index in [0.717, 1.165) is 24.2 Å². The lowest BCUT2D eigenvalue weighted by atomic mass is 10.2. The molecule has 1 unspecified atom stereocenters. The lowest BCUT2D eigenvalue weighted by Crippen LogP contribution is -2.14. The third kappa shape index (κ3) is 3.94. The van der Waals surface area contributed by atoms with Gasteiger partial charge in [0.1, 0.15) is 5.69 Å². The van der Waals surface area contributed by atoms with E-state index < -0.39 is 0 Å². The molecule has 0 amide bonds. The number of nitrogens with zero attached hydrogens (tertiary/aromatic N) is 3. The fraction of sp³-hybridized carbons (Fsp3) is 0.818. The molecule has 5 nitrogen and oxygen atoms in total. The molecular weight excluding hydrogens is 242 g/mol. The highest BCUT2D eigenvalue weighted by Crippen LogP contribution is 2.17. The van der Waals surface area contributed by atoms with Gasteiger partial charge in [0.25, 0.3) is 0 Å². The van der Waals surface area contributed by atoms with Crippen molar-refractivity contribution in [3.63, 3.8) is 0 Å². The molecule has 0 aliphatic heterocycles. The summed E-state index contributed by atoms with van der Waals surface area (Å²) in [5, 5.41) is 8.27. The molecule has 0 saturated carbocycles. The molecule has 17 heavy (non-hydrogen) atoms. The minimum atomic E-state index is 0.256. The Morgan fingerprint density at radius 1 is 1.29 bits per heavy atom. The normalized spacial score (nSPS) is 12.9. The Labute approximate surface area is 107 Å². The van der Waals surface area contributed by atoms with Crippen LogP contribution in [-0.2, 0) is 21.8 Å². The second-order valence-electron chi connectivity index (χ2n) is 3.93. The highest BCUT2D eigenvalue weighted by molar-refractivity contribution is 6.16. The van der Waals surface area contributed by atoms with Gasteiger partial charge < -0.3 is 9.47 Å². The molecule has 0 N–H and O–H groups in total. The molecule has 0 spiro atoms. The Balaban J connectivity index is 2.78. The third-order valence-corrected chi connectivity index (χ3v) is 2.95. The highest BCUT2D eigenvalue weighted by atomic mass is 35.5. The van der Waals surface area contributed by atoms with Crippen molar-refractivity contribution in [2.75, 3.05) is 27.4 Å². The zero-order chi connectivity index (χ0) is 12.7. The van der Waals surface area contributed by atoms with Crippen molar-refractivity contribution in [2.45, 2.75) is 31.7 Å². The zero-order valence-corrected chi connectivity index (χ0v) is 11.4. The summed E-state index contributed by atoms with van der Waals surface area (Å²) in [5.41, 5.74) is 1.90. The summed E-state index contributed by atoms with van der Waals surface area (Å²) in [4.78, 5) is 0. The van der Waals surface area contributed by atoms with Gasteiger partial charge >= 0.3 is 0 Å². The Morgan fingerprint density at radius 3 is 2.59 bits per heavy atom. The summed E-state index contributed by atoms with van der Waals surface area (Å²) in [5.74, 6) is 0.385. The van der Waals surface area contributed by atoms with Gasteiger partial charge in [-0.15, -0.1) is 16.7 Å². The van der Waals surface area contributed by atoms with Crippen LogP contribution in [0.1, 0.15) is 30.8 Å². The van der Waals surface area contributed by atoms with E-state index in [1.165, 1.54) is 0 Å². The van der Waals surface area contributed by atoms with Gasteiger partial charge in [0.2, 0.25) is 0 Å². The molecule has 1 heterocycles. The molecule has 98 valence electrons. The monoisotopic (exact) mass is 261 g/mol. The lowest BCUT2D eigenvalue weighted by molar-refractivity contribution is 0.175. The van der Waals surface area contributed by atoms with Crippen molar-refractivity contribution in [3.05, 3.63) is 11.4 Å². The quantitative estimate of drug-likeness (QED) is 0.670. The SMILES string of the molecule is COCCc1c(CCl)nnn1C(C)CCOC. The van der Waals surface area contributed by atoms with Gasteiger partial charge in [0.15, 0.2) is 0 Å². The van der Waals surface area contributed by atoms with E-state index in [0.29, 0.717) is 19.1 Å². The number of methoxy groups -OCH3 is 2. The fourth-order valence-electron chi connectivity index (χ4n) is 1.67. The molecule has 0 aliphatic carbocycles. The van der Waals surface area contributed by atoms with Crippen molar-refractivity contribution in [3.8, 4) is 0 Å². The molecule has 0 aliphatic rings.